The van der Waals surface area contributed by atoms with Crippen LogP contribution in [0.4, 0.5) is 4.79 Å². The fraction of sp³-hybridized carbons (Fsp3) is 0.556. The fourth-order valence-electron chi connectivity index (χ4n) is 2.80. The van der Waals surface area contributed by atoms with E-state index in [1.165, 1.54) is 0 Å². The number of nitrogens with two attached hydrogens (primary N) is 1. The minimum Gasteiger partial charge on any atom is -0.444 e. The zero-order valence-corrected chi connectivity index (χ0v) is 17.1. The number of carbonyl (C=O) groups is 2. The van der Waals surface area contributed by atoms with Gasteiger partial charge in [0, 0.05) is 19.2 Å². The quantitative estimate of drug-likeness (QED) is 0.715. The van der Waals surface area contributed by atoms with Crippen LogP contribution >= 0.6 is 23.2 Å². The summed E-state index contributed by atoms with van der Waals surface area (Å²) < 4.78 is 5.38. The van der Waals surface area contributed by atoms with Crippen molar-refractivity contribution in [3.8, 4) is 5.75 Å². The van der Waals surface area contributed by atoms with E-state index < -0.39 is 17.6 Å². The third-order valence-electron chi connectivity index (χ3n) is 4.16. The predicted octanol–water partition coefficient (Wildman–Crippen LogP) is 3.38. The van der Waals surface area contributed by atoms with Crippen molar-refractivity contribution in [3.63, 3.8) is 0 Å². The van der Waals surface area contributed by atoms with Crippen molar-refractivity contribution in [2.24, 2.45) is 11.7 Å². The van der Waals surface area contributed by atoms with Crippen LogP contribution in [0.5, 0.6) is 5.75 Å². The maximum absolute atomic E-state index is 12.1. The lowest BCUT2D eigenvalue weighted by Crippen LogP contribution is -2.52. The van der Waals surface area contributed by atoms with E-state index in [0.717, 1.165) is 0 Å². The number of primary amides is 1. The van der Waals surface area contributed by atoms with Gasteiger partial charge in [0.2, 0.25) is 5.91 Å². The maximum atomic E-state index is 12.1. The molecule has 1 saturated heterocycles. The normalized spacial score (nSPS) is 16.7. The lowest BCUT2D eigenvalue weighted by atomic mass is 9.89. The maximum Gasteiger partial charge on any atom is 0.410 e. The molecule has 150 valence electrons. The number of carbonyl (C=O) groups excluding carboxylic acids is 2. The van der Waals surface area contributed by atoms with Crippen LogP contribution in [0.15, 0.2) is 18.2 Å². The van der Waals surface area contributed by atoms with Gasteiger partial charge in [-0.2, -0.15) is 0 Å². The van der Waals surface area contributed by atoms with Gasteiger partial charge >= 0.3 is 6.09 Å². The minimum absolute atomic E-state index is 0.0658. The summed E-state index contributed by atoms with van der Waals surface area (Å²) in [5.41, 5.74) is 7.71. The summed E-state index contributed by atoms with van der Waals surface area (Å²) in [5, 5.41) is 0.752. The summed E-state index contributed by atoms with van der Waals surface area (Å²) >= 11 is 11.8. The summed E-state index contributed by atoms with van der Waals surface area (Å²) in [7, 11) is 0. The van der Waals surface area contributed by atoms with E-state index in [1.54, 1.807) is 23.1 Å². The first-order valence-electron chi connectivity index (χ1n) is 8.71. The number of amides is 2. The second-order valence-electron chi connectivity index (χ2n) is 7.48. The molecule has 1 fully saturated rings. The predicted molar refractivity (Wildman–Crippen MR) is 104 cm³/mol. The first-order valence-corrected chi connectivity index (χ1v) is 9.47. The molecule has 0 spiro atoms. The standard InChI is InChI=1S/C18H25Cl2N3O4/c1-18(2,3)26-17(25)23-8-6-11(7-9-23)15(16(21)24)22-27-12-4-5-13(19)14(20)10-12/h4-5,10-11,15,22H,6-9H2,1-3H3,(H2,21,24). The van der Waals surface area contributed by atoms with E-state index in [1.807, 2.05) is 20.8 Å². The molecule has 1 aliphatic heterocycles. The highest BCUT2D eigenvalue weighted by Gasteiger charge is 2.33. The number of hydroxylamine groups is 1. The molecule has 9 heteroatoms. The van der Waals surface area contributed by atoms with Crippen molar-refractivity contribution in [1.29, 1.82) is 0 Å². The van der Waals surface area contributed by atoms with Gasteiger partial charge in [-0.15, -0.1) is 5.48 Å². The molecule has 2 amide bonds. The Bertz CT molecular complexity index is 686. The van der Waals surface area contributed by atoms with Crippen molar-refractivity contribution in [2.45, 2.75) is 45.3 Å². The van der Waals surface area contributed by atoms with E-state index in [9.17, 15) is 9.59 Å². The number of likely N-dealkylation sites (tertiary alicyclic amines) is 1. The summed E-state index contributed by atoms with van der Waals surface area (Å²) in [6, 6.07) is 4.07. The molecule has 0 radical (unpaired) electrons. The third-order valence-corrected chi connectivity index (χ3v) is 4.90. The van der Waals surface area contributed by atoms with Crippen LogP contribution in [-0.2, 0) is 9.53 Å². The van der Waals surface area contributed by atoms with Crippen LogP contribution in [-0.4, -0.2) is 41.6 Å². The monoisotopic (exact) mass is 417 g/mol. The molecule has 0 saturated carbocycles. The van der Waals surface area contributed by atoms with Crippen molar-refractivity contribution in [2.75, 3.05) is 13.1 Å². The molecule has 0 aliphatic carbocycles. The second-order valence-corrected chi connectivity index (χ2v) is 8.30. The van der Waals surface area contributed by atoms with E-state index in [4.69, 9.17) is 38.5 Å². The van der Waals surface area contributed by atoms with Gasteiger partial charge in [0.25, 0.3) is 0 Å². The molecule has 0 bridgehead atoms. The minimum atomic E-state index is -0.694. The Morgan fingerprint density at radius 3 is 2.37 bits per heavy atom. The average molecular weight is 418 g/mol. The number of hydrogen-bond donors (Lipinski definition) is 2. The van der Waals surface area contributed by atoms with Crippen molar-refractivity contribution >= 4 is 35.2 Å². The molecule has 1 aliphatic rings. The highest BCUT2D eigenvalue weighted by Crippen LogP contribution is 2.27. The van der Waals surface area contributed by atoms with E-state index in [-0.39, 0.29) is 12.0 Å². The van der Waals surface area contributed by atoms with Crippen molar-refractivity contribution < 1.29 is 19.2 Å². The molecule has 3 N–H and O–H groups in total. The van der Waals surface area contributed by atoms with Gasteiger partial charge < -0.3 is 20.2 Å². The van der Waals surface area contributed by atoms with Gasteiger partial charge in [0.1, 0.15) is 17.4 Å². The van der Waals surface area contributed by atoms with Crippen molar-refractivity contribution in [1.82, 2.24) is 10.4 Å². The number of hydrogen-bond acceptors (Lipinski definition) is 5. The van der Waals surface area contributed by atoms with Gasteiger partial charge in [-0.3, -0.25) is 4.79 Å². The van der Waals surface area contributed by atoms with Crippen LogP contribution < -0.4 is 16.1 Å². The lowest BCUT2D eigenvalue weighted by molar-refractivity contribution is -0.124. The van der Waals surface area contributed by atoms with Crippen LogP contribution in [0.1, 0.15) is 33.6 Å². The Kier molecular flexibility index (Phi) is 7.19. The molecule has 7 nitrogen and oxygen atoms in total. The highest BCUT2D eigenvalue weighted by molar-refractivity contribution is 6.42. The molecule has 27 heavy (non-hydrogen) atoms. The topological polar surface area (TPSA) is 93.9 Å². The van der Waals surface area contributed by atoms with Gasteiger partial charge in [0.05, 0.1) is 10.0 Å². The largest absolute Gasteiger partial charge is 0.444 e. The Labute approximate surface area is 169 Å². The second kappa shape index (κ2) is 8.99. The third kappa shape index (κ3) is 6.45. The summed E-state index contributed by atoms with van der Waals surface area (Å²) in [5.74, 6) is -0.170. The fourth-order valence-corrected chi connectivity index (χ4v) is 3.09. The average Bonchev–Trinajstić information content (AvgIpc) is 2.57. The van der Waals surface area contributed by atoms with E-state index >= 15 is 0 Å². The highest BCUT2D eigenvalue weighted by atomic mass is 35.5. The molecule has 1 aromatic carbocycles. The lowest BCUT2D eigenvalue weighted by Gasteiger charge is -2.35. The molecular formula is C18H25Cl2N3O4. The van der Waals surface area contributed by atoms with E-state index in [0.29, 0.717) is 41.7 Å². The number of benzene rings is 1. The van der Waals surface area contributed by atoms with Gasteiger partial charge in [-0.25, -0.2) is 4.79 Å². The van der Waals surface area contributed by atoms with Crippen LogP contribution in [0.3, 0.4) is 0 Å². The smallest absolute Gasteiger partial charge is 0.410 e. The molecule has 1 unspecified atom stereocenters. The Hall–Kier alpha value is -1.70. The van der Waals surface area contributed by atoms with Gasteiger partial charge in [-0.05, 0) is 51.7 Å². The Balaban J connectivity index is 1.91. The summed E-state index contributed by atoms with van der Waals surface area (Å²) in [4.78, 5) is 31.1. The number of nitrogens with one attached hydrogen (secondary N) is 1. The SMILES string of the molecule is CC(C)(C)OC(=O)N1CCC(C(NOc2ccc(Cl)c(Cl)c2)C(N)=O)CC1. The summed E-state index contributed by atoms with van der Waals surface area (Å²) in [6.45, 7) is 6.44. The molecule has 1 aromatic rings. The number of halogens is 2. The zero-order valence-electron chi connectivity index (χ0n) is 15.6. The number of rotatable bonds is 5. The van der Waals surface area contributed by atoms with Crippen LogP contribution in [0.2, 0.25) is 10.0 Å². The molecule has 1 heterocycles. The molecule has 2 rings (SSSR count). The van der Waals surface area contributed by atoms with Gasteiger partial charge in [-0.1, -0.05) is 23.2 Å². The van der Waals surface area contributed by atoms with Gasteiger partial charge in [0.15, 0.2) is 0 Å². The van der Waals surface area contributed by atoms with Crippen LogP contribution in [0.25, 0.3) is 0 Å². The van der Waals surface area contributed by atoms with Crippen molar-refractivity contribution in [3.05, 3.63) is 28.2 Å². The summed E-state index contributed by atoms with van der Waals surface area (Å²) in [6.07, 6.45) is 0.853. The first kappa shape index (κ1) is 21.6. The number of piperidine rings is 1. The van der Waals surface area contributed by atoms with Crippen LogP contribution in [0, 0.1) is 5.92 Å². The first-order chi connectivity index (χ1) is 12.6. The molecular weight excluding hydrogens is 393 g/mol. The number of nitrogens with zero attached hydrogens (tertiary/aromatic N) is 1. The Morgan fingerprint density at radius 1 is 1.22 bits per heavy atom. The molecule has 1 atom stereocenters. The van der Waals surface area contributed by atoms with E-state index in [2.05, 4.69) is 5.48 Å². The number of ether oxygens (including phenoxy) is 1. The zero-order chi connectivity index (χ0) is 20.2. The Morgan fingerprint density at radius 2 is 1.85 bits per heavy atom. The molecule has 0 aromatic heterocycles.